The Hall–Kier alpha value is -2.27. The van der Waals surface area contributed by atoms with Crippen LogP contribution in [0.3, 0.4) is 0 Å². The van der Waals surface area contributed by atoms with Crippen LogP contribution >= 0.6 is 0 Å². The second-order valence-electron chi connectivity index (χ2n) is 4.21. The highest BCUT2D eigenvalue weighted by molar-refractivity contribution is 5.73. The Bertz CT molecular complexity index is 519. The van der Waals surface area contributed by atoms with E-state index < -0.39 is 12.0 Å². The van der Waals surface area contributed by atoms with Crippen molar-refractivity contribution in [1.29, 1.82) is 0 Å². The summed E-state index contributed by atoms with van der Waals surface area (Å²) in [7, 11) is 0. The van der Waals surface area contributed by atoms with Crippen LogP contribution < -0.4 is 10.5 Å². The van der Waals surface area contributed by atoms with Gasteiger partial charge in [0.2, 0.25) is 0 Å². The Kier molecular flexibility index (Phi) is 4.20. The molecule has 0 aliphatic carbocycles. The first-order valence-corrected chi connectivity index (χ1v) is 5.86. The van der Waals surface area contributed by atoms with Crippen LogP contribution in [0, 0.1) is 0 Å². The number of hydrogen-bond acceptors (Lipinski definition) is 4. The number of carbonyl (C=O) groups is 1. The Morgan fingerprint density at radius 2 is 2.00 bits per heavy atom. The van der Waals surface area contributed by atoms with Crippen LogP contribution in [0.2, 0.25) is 0 Å². The summed E-state index contributed by atoms with van der Waals surface area (Å²) in [5, 5.41) is 8.73. The fraction of sp³-hybridized carbons (Fsp3) is 0.214. The lowest BCUT2D eigenvalue weighted by Gasteiger charge is -2.08. The van der Waals surface area contributed by atoms with Crippen LogP contribution in [0.1, 0.15) is 11.1 Å². The van der Waals surface area contributed by atoms with Crippen molar-refractivity contribution in [2.75, 3.05) is 0 Å². The van der Waals surface area contributed by atoms with Gasteiger partial charge in [-0.15, -0.1) is 0 Å². The van der Waals surface area contributed by atoms with Gasteiger partial charge in [0, 0.05) is 5.56 Å². The van der Waals surface area contributed by atoms with E-state index in [-0.39, 0.29) is 0 Å². The number of benzene rings is 1. The highest BCUT2D eigenvalue weighted by atomic mass is 16.5. The molecule has 5 heteroatoms. The number of ether oxygens (including phenoxy) is 1. The second-order valence-corrected chi connectivity index (χ2v) is 4.21. The molecule has 3 N–H and O–H groups in total. The Morgan fingerprint density at radius 1 is 1.26 bits per heavy atom. The molecule has 0 spiro atoms. The van der Waals surface area contributed by atoms with Crippen LogP contribution in [-0.2, 0) is 17.8 Å². The largest absolute Gasteiger partial charge is 0.489 e. The van der Waals surface area contributed by atoms with Crippen LogP contribution in [0.25, 0.3) is 0 Å². The van der Waals surface area contributed by atoms with Crippen molar-refractivity contribution in [3.8, 4) is 5.75 Å². The topological polar surface area (TPSA) is 85.7 Å². The molecular formula is C14H15NO4. The van der Waals surface area contributed by atoms with Crippen molar-refractivity contribution in [3.05, 3.63) is 54.0 Å². The van der Waals surface area contributed by atoms with Crippen molar-refractivity contribution in [1.82, 2.24) is 0 Å². The summed E-state index contributed by atoms with van der Waals surface area (Å²) in [6.45, 7) is 0.435. The number of aliphatic carboxylic acids is 1. The predicted molar refractivity (Wildman–Crippen MR) is 68.8 cm³/mol. The van der Waals surface area contributed by atoms with E-state index in [4.69, 9.17) is 20.0 Å². The molecule has 1 heterocycles. The van der Waals surface area contributed by atoms with Gasteiger partial charge in [-0.05, 0) is 30.2 Å². The molecule has 2 aromatic rings. The zero-order chi connectivity index (χ0) is 13.7. The number of nitrogens with two attached hydrogens (primary N) is 1. The summed E-state index contributed by atoms with van der Waals surface area (Å²) < 4.78 is 10.5. The zero-order valence-corrected chi connectivity index (χ0v) is 10.3. The maximum atomic E-state index is 10.6. The van der Waals surface area contributed by atoms with Gasteiger partial charge in [0.15, 0.2) is 0 Å². The molecule has 0 saturated carbocycles. The highest BCUT2D eigenvalue weighted by Crippen LogP contribution is 2.15. The minimum Gasteiger partial charge on any atom is -0.489 e. The van der Waals surface area contributed by atoms with E-state index in [9.17, 15) is 4.79 Å². The Labute approximate surface area is 110 Å². The molecule has 19 heavy (non-hydrogen) atoms. The van der Waals surface area contributed by atoms with Gasteiger partial charge >= 0.3 is 5.97 Å². The minimum atomic E-state index is -1.000. The Balaban J connectivity index is 1.89. The lowest BCUT2D eigenvalue weighted by molar-refractivity contribution is -0.138. The molecule has 5 nitrogen and oxygen atoms in total. The van der Waals surface area contributed by atoms with Crippen molar-refractivity contribution in [3.63, 3.8) is 0 Å². The molecule has 0 amide bonds. The molecule has 0 radical (unpaired) electrons. The van der Waals surface area contributed by atoms with Crippen LogP contribution in [0.4, 0.5) is 0 Å². The van der Waals surface area contributed by atoms with Gasteiger partial charge in [-0.2, -0.15) is 0 Å². The molecule has 0 unspecified atom stereocenters. The van der Waals surface area contributed by atoms with Gasteiger partial charge in [-0.1, -0.05) is 12.1 Å². The maximum Gasteiger partial charge on any atom is 0.320 e. The van der Waals surface area contributed by atoms with Crippen molar-refractivity contribution >= 4 is 5.97 Å². The number of carboxylic acids is 1. The van der Waals surface area contributed by atoms with E-state index >= 15 is 0 Å². The van der Waals surface area contributed by atoms with Crippen molar-refractivity contribution in [2.24, 2.45) is 5.73 Å². The second kappa shape index (κ2) is 6.06. The van der Waals surface area contributed by atoms with Gasteiger partial charge in [-0.25, -0.2) is 0 Å². The van der Waals surface area contributed by atoms with Gasteiger partial charge in [0.25, 0.3) is 0 Å². The molecule has 0 saturated heterocycles. The average Bonchev–Trinajstić information content (AvgIpc) is 2.91. The summed E-state index contributed by atoms with van der Waals surface area (Å²) in [5.74, 6) is -0.283. The predicted octanol–water partition coefficient (Wildman–Crippen LogP) is 1.81. The number of carboxylic acid groups (broad SMARTS) is 1. The Morgan fingerprint density at radius 3 is 2.58 bits per heavy atom. The molecule has 1 aromatic heterocycles. The number of rotatable bonds is 6. The summed E-state index contributed by atoms with van der Waals surface area (Å²) >= 11 is 0. The summed E-state index contributed by atoms with van der Waals surface area (Å²) in [6.07, 6.45) is 3.52. The summed E-state index contributed by atoms with van der Waals surface area (Å²) in [4.78, 5) is 10.6. The summed E-state index contributed by atoms with van der Waals surface area (Å²) in [5.41, 5.74) is 7.29. The molecule has 2 rings (SSSR count). The van der Waals surface area contributed by atoms with E-state index in [1.54, 1.807) is 24.7 Å². The molecule has 0 aliphatic heterocycles. The minimum absolute atomic E-state index is 0.303. The SMILES string of the molecule is N[C@@H](Cc1ccc(OCc2ccoc2)cc1)C(=O)O. The quantitative estimate of drug-likeness (QED) is 0.828. The molecule has 1 aromatic carbocycles. The molecule has 1 atom stereocenters. The fourth-order valence-electron chi connectivity index (χ4n) is 1.60. The van der Waals surface area contributed by atoms with Crippen molar-refractivity contribution in [2.45, 2.75) is 19.1 Å². The monoisotopic (exact) mass is 261 g/mol. The third-order valence-electron chi connectivity index (χ3n) is 2.68. The summed E-state index contributed by atoms with van der Waals surface area (Å²) in [6, 6.07) is 8.17. The molecule has 0 bridgehead atoms. The van der Waals surface area contributed by atoms with Gasteiger partial charge in [0.1, 0.15) is 18.4 Å². The van der Waals surface area contributed by atoms with Gasteiger partial charge < -0.3 is 20.0 Å². The zero-order valence-electron chi connectivity index (χ0n) is 10.3. The first-order chi connectivity index (χ1) is 9.15. The molecular weight excluding hydrogens is 246 g/mol. The van der Waals surface area contributed by atoms with E-state index in [0.29, 0.717) is 18.8 Å². The van der Waals surface area contributed by atoms with E-state index in [0.717, 1.165) is 11.1 Å². The highest BCUT2D eigenvalue weighted by Gasteiger charge is 2.11. The maximum absolute atomic E-state index is 10.6. The molecule has 100 valence electrons. The van der Waals surface area contributed by atoms with E-state index in [1.807, 2.05) is 18.2 Å². The van der Waals surface area contributed by atoms with Gasteiger partial charge in [-0.3, -0.25) is 4.79 Å². The van der Waals surface area contributed by atoms with E-state index in [1.165, 1.54) is 0 Å². The first kappa shape index (κ1) is 13.2. The van der Waals surface area contributed by atoms with Crippen molar-refractivity contribution < 1.29 is 19.1 Å². The van der Waals surface area contributed by atoms with Crippen LogP contribution in [0.5, 0.6) is 5.75 Å². The number of hydrogen-bond donors (Lipinski definition) is 2. The van der Waals surface area contributed by atoms with Crippen LogP contribution in [-0.4, -0.2) is 17.1 Å². The molecule has 0 fully saturated rings. The fourth-order valence-corrected chi connectivity index (χ4v) is 1.60. The third kappa shape index (κ3) is 3.86. The third-order valence-corrected chi connectivity index (χ3v) is 2.68. The molecule has 0 aliphatic rings. The lowest BCUT2D eigenvalue weighted by Crippen LogP contribution is -2.32. The normalized spacial score (nSPS) is 12.1. The van der Waals surface area contributed by atoms with Crippen LogP contribution in [0.15, 0.2) is 47.3 Å². The lowest BCUT2D eigenvalue weighted by atomic mass is 10.1. The number of furan rings is 1. The smallest absolute Gasteiger partial charge is 0.320 e. The van der Waals surface area contributed by atoms with E-state index in [2.05, 4.69) is 0 Å². The van der Waals surface area contributed by atoms with Gasteiger partial charge in [0.05, 0.1) is 12.5 Å². The standard InChI is InChI=1S/C14H15NO4/c15-13(14(16)17)7-10-1-3-12(4-2-10)19-9-11-5-6-18-8-11/h1-6,8,13H,7,9,15H2,(H,16,17)/t13-/m0/s1. The average molecular weight is 261 g/mol. The first-order valence-electron chi connectivity index (χ1n) is 5.86.